The van der Waals surface area contributed by atoms with Crippen molar-refractivity contribution in [3.8, 4) is 0 Å². The Labute approximate surface area is 332 Å². The number of nitrogens with zero attached hydrogens (tertiary/aromatic N) is 1. The van der Waals surface area contributed by atoms with Gasteiger partial charge in [-0.3, -0.25) is 9.59 Å². The third-order valence-electron chi connectivity index (χ3n) is 9.77. The second-order valence-corrected chi connectivity index (χ2v) is 16.4. The average Bonchev–Trinajstić information content (AvgIpc) is 3.12. The molecule has 0 aromatic rings. The van der Waals surface area contributed by atoms with Gasteiger partial charge >= 0.3 is 17.9 Å². The lowest BCUT2D eigenvalue weighted by atomic mass is 10.0. The van der Waals surface area contributed by atoms with Gasteiger partial charge in [-0.1, -0.05) is 167 Å². The Morgan fingerprint density at radius 2 is 0.963 bits per heavy atom. The normalized spacial score (nSPS) is 13.0. The summed E-state index contributed by atoms with van der Waals surface area (Å²) in [4.78, 5) is 37.0. The molecule has 54 heavy (non-hydrogen) atoms. The predicted molar refractivity (Wildman–Crippen MR) is 221 cm³/mol. The van der Waals surface area contributed by atoms with Crippen LogP contribution in [0.4, 0.5) is 0 Å². The van der Waals surface area contributed by atoms with E-state index in [1.807, 2.05) is 21.1 Å². The maximum Gasteiger partial charge on any atom is 0.361 e. The van der Waals surface area contributed by atoms with Crippen molar-refractivity contribution in [1.82, 2.24) is 0 Å². The number of likely N-dealkylation sites (N-methyl/N-ethyl adjacent to an activating group) is 1. The zero-order chi connectivity index (χ0) is 40.0. The quantitative estimate of drug-likeness (QED) is 0.0215. The van der Waals surface area contributed by atoms with Gasteiger partial charge in [0.15, 0.2) is 6.10 Å². The molecule has 0 bridgehead atoms. The van der Waals surface area contributed by atoms with Crippen molar-refractivity contribution in [3.63, 3.8) is 0 Å². The number of esters is 2. The number of ether oxygens (including phenoxy) is 4. The zero-order valence-electron chi connectivity index (χ0n) is 35.9. The molecule has 0 saturated carbocycles. The van der Waals surface area contributed by atoms with Crippen molar-refractivity contribution in [2.24, 2.45) is 0 Å². The van der Waals surface area contributed by atoms with Crippen LogP contribution in [0.2, 0.25) is 0 Å². The second-order valence-electron chi connectivity index (χ2n) is 16.4. The fourth-order valence-electron chi connectivity index (χ4n) is 6.23. The van der Waals surface area contributed by atoms with Crippen LogP contribution in [0.3, 0.4) is 0 Å². The highest BCUT2D eigenvalue weighted by Crippen LogP contribution is 2.15. The molecule has 2 unspecified atom stereocenters. The van der Waals surface area contributed by atoms with E-state index in [4.69, 9.17) is 18.9 Å². The molecule has 1 N–H and O–H groups in total. The largest absolute Gasteiger partial charge is 0.477 e. The first kappa shape index (κ1) is 52.0. The standard InChI is InChI=1S/C45H85NO8/c1-6-8-10-12-14-16-18-19-20-21-22-23-24-26-27-29-31-33-35-42(47)52-39-41(40-53-45(44(49)50)51-38-37-46(3,4)5)54-43(48)36-34-32-30-28-25-17-15-13-11-9-7-2/h13,15,41,45H,6-12,14,16-40H2,1-5H3/p+1/b15-13-. The van der Waals surface area contributed by atoms with E-state index in [0.29, 0.717) is 23.9 Å². The number of aliphatic carboxylic acids is 1. The van der Waals surface area contributed by atoms with Crippen LogP contribution >= 0.6 is 0 Å². The molecule has 0 rings (SSSR count). The van der Waals surface area contributed by atoms with Gasteiger partial charge in [0.25, 0.3) is 6.29 Å². The lowest BCUT2D eigenvalue weighted by Crippen LogP contribution is -2.40. The number of hydrogen-bond acceptors (Lipinski definition) is 7. The van der Waals surface area contributed by atoms with E-state index in [1.54, 1.807) is 0 Å². The van der Waals surface area contributed by atoms with E-state index < -0.39 is 24.3 Å². The summed E-state index contributed by atoms with van der Waals surface area (Å²) in [5, 5.41) is 9.61. The van der Waals surface area contributed by atoms with Crippen LogP contribution in [0.5, 0.6) is 0 Å². The first-order chi connectivity index (χ1) is 26.1. The van der Waals surface area contributed by atoms with Crippen LogP contribution in [0.15, 0.2) is 12.2 Å². The molecule has 0 aromatic heterocycles. The van der Waals surface area contributed by atoms with Crippen molar-refractivity contribution in [2.45, 2.75) is 212 Å². The number of carbonyl (C=O) groups is 3. The summed E-state index contributed by atoms with van der Waals surface area (Å²) in [6, 6.07) is 0. The number of carbonyl (C=O) groups excluding carboxylic acids is 2. The summed E-state index contributed by atoms with van der Waals surface area (Å²) in [7, 11) is 5.95. The summed E-state index contributed by atoms with van der Waals surface area (Å²) in [5.74, 6) is -2.01. The van der Waals surface area contributed by atoms with E-state index in [1.165, 1.54) is 109 Å². The van der Waals surface area contributed by atoms with Crippen LogP contribution in [-0.4, -0.2) is 87.4 Å². The summed E-state index contributed by atoms with van der Waals surface area (Å²) >= 11 is 0. The first-order valence-corrected chi connectivity index (χ1v) is 22.4. The van der Waals surface area contributed by atoms with E-state index in [9.17, 15) is 19.5 Å². The molecular weight excluding hydrogens is 682 g/mol. The molecule has 0 amide bonds. The van der Waals surface area contributed by atoms with E-state index in [-0.39, 0.29) is 32.2 Å². The molecule has 0 fully saturated rings. The lowest BCUT2D eigenvalue weighted by Gasteiger charge is -2.25. The van der Waals surface area contributed by atoms with Gasteiger partial charge in [0, 0.05) is 12.8 Å². The summed E-state index contributed by atoms with van der Waals surface area (Å²) in [6.07, 6.45) is 35.6. The Balaban J connectivity index is 4.35. The highest BCUT2D eigenvalue weighted by Gasteiger charge is 2.25. The number of allylic oxidation sites excluding steroid dienone is 2. The van der Waals surface area contributed by atoms with Gasteiger partial charge in [-0.2, -0.15) is 0 Å². The predicted octanol–water partition coefficient (Wildman–Crippen LogP) is 11.5. The maximum absolute atomic E-state index is 12.7. The minimum atomic E-state index is -1.50. The molecule has 0 aromatic carbocycles. The van der Waals surface area contributed by atoms with E-state index >= 15 is 0 Å². The molecule has 0 heterocycles. The maximum atomic E-state index is 12.7. The molecule has 0 aliphatic carbocycles. The number of carboxylic acids is 1. The fourth-order valence-corrected chi connectivity index (χ4v) is 6.23. The molecule has 0 saturated heterocycles. The van der Waals surface area contributed by atoms with Gasteiger partial charge in [0.1, 0.15) is 13.2 Å². The van der Waals surface area contributed by atoms with Gasteiger partial charge in [0.2, 0.25) is 0 Å². The minimum absolute atomic E-state index is 0.180. The summed E-state index contributed by atoms with van der Waals surface area (Å²) in [6.45, 7) is 4.84. The SMILES string of the molecule is CCCC/C=C\CCCCCCCC(=O)OC(COC(=O)CCCCCCCCCCCCCCCCCCCC)COC(OCC[N+](C)(C)C)C(=O)O. The number of hydrogen-bond donors (Lipinski definition) is 1. The van der Waals surface area contributed by atoms with Crippen molar-refractivity contribution < 1.29 is 42.9 Å². The molecule has 9 nitrogen and oxygen atoms in total. The summed E-state index contributed by atoms with van der Waals surface area (Å²) < 4.78 is 22.7. The Bertz CT molecular complexity index is 903. The Morgan fingerprint density at radius 3 is 1.43 bits per heavy atom. The third kappa shape index (κ3) is 38.3. The molecule has 0 radical (unpaired) electrons. The van der Waals surface area contributed by atoms with Crippen LogP contribution in [0.25, 0.3) is 0 Å². The zero-order valence-corrected chi connectivity index (χ0v) is 35.9. The van der Waals surface area contributed by atoms with Crippen molar-refractivity contribution in [3.05, 3.63) is 12.2 Å². The van der Waals surface area contributed by atoms with Gasteiger partial charge < -0.3 is 28.5 Å². The average molecular weight is 769 g/mol. The smallest absolute Gasteiger partial charge is 0.361 e. The monoisotopic (exact) mass is 769 g/mol. The Morgan fingerprint density at radius 1 is 0.537 bits per heavy atom. The minimum Gasteiger partial charge on any atom is -0.477 e. The highest BCUT2D eigenvalue weighted by molar-refractivity contribution is 5.71. The second kappa shape index (κ2) is 37.9. The van der Waals surface area contributed by atoms with Crippen LogP contribution in [0, 0.1) is 0 Å². The van der Waals surface area contributed by atoms with Gasteiger partial charge in [-0.05, 0) is 32.1 Å². The number of carboxylic acid groups (broad SMARTS) is 1. The van der Waals surface area contributed by atoms with E-state index in [2.05, 4.69) is 26.0 Å². The first-order valence-electron chi connectivity index (χ1n) is 22.4. The van der Waals surface area contributed by atoms with Gasteiger partial charge in [0.05, 0.1) is 34.4 Å². The molecular formula is C45H86NO8+. The van der Waals surface area contributed by atoms with Crippen molar-refractivity contribution in [2.75, 3.05) is 47.5 Å². The summed E-state index contributed by atoms with van der Waals surface area (Å²) in [5.41, 5.74) is 0. The number of unbranched alkanes of at least 4 members (excludes halogenated alkanes) is 24. The molecule has 318 valence electrons. The fraction of sp³-hybridized carbons (Fsp3) is 0.889. The number of quaternary nitrogens is 1. The molecule has 0 aliphatic heterocycles. The third-order valence-corrected chi connectivity index (χ3v) is 9.77. The highest BCUT2D eigenvalue weighted by atomic mass is 16.7. The Kier molecular flexibility index (Phi) is 36.5. The van der Waals surface area contributed by atoms with Crippen LogP contribution < -0.4 is 0 Å². The van der Waals surface area contributed by atoms with Gasteiger partial charge in [-0.15, -0.1) is 0 Å². The Hall–Kier alpha value is -1.97. The van der Waals surface area contributed by atoms with Crippen LogP contribution in [0.1, 0.15) is 200 Å². The van der Waals surface area contributed by atoms with Crippen LogP contribution in [-0.2, 0) is 33.3 Å². The topological polar surface area (TPSA) is 108 Å². The molecule has 2 atom stereocenters. The lowest BCUT2D eigenvalue weighted by molar-refractivity contribution is -0.870. The van der Waals surface area contributed by atoms with Crippen molar-refractivity contribution >= 4 is 17.9 Å². The van der Waals surface area contributed by atoms with E-state index in [0.717, 1.165) is 57.8 Å². The number of rotatable bonds is 41. The molecule has 0 spiro atoms. The molecule has 9 heteroatoms. The van der Waals surface area contributed by atoms with Gasteiger partial charge in [-0.25, -0.2) is 4.79 Å². The van der Waals surface area contributed by atoms with Crippen molar-refractivity contribution in [1.29, 1.82) is 0 Å². The molecule has 0 aliphatic rings.